The van der Waals surface area contributed by atoms with E-state index in [4.69, 9.17) is 0 Å². The Morgan fingerprint density at radius 1 is 0.0873 bits per heavy atom. The van der Waals surface area contributed by atoms with Crippen molar-refractivity contribution in [1.29, 1.82) is 0 Å². The van der Waals surface area contributed by atoms with Gasteiger partial charge in [-0.05, 0) is 293 Å². The lowest BCUT2D eigenvalue weighted by Crippen LogP contribution is -1.94. The van der Waals surface area contributed by atoms with Crippen LogP contribution >= 0.6 is 0 Å². The van der Waals surface area contributed by atoms with Crippen molar-refractivity contribution in [3.8, 4) is 55.6 Å². The molecule has 0 unspecified atom stereocenters. The van der Waals surface area contributed by atoms with Crippen LogP contribution in [0.1, 0.15) is 100 Å². The number of rotatable bonds is 7. The number of hydrogen-bond donors (Lipinski definition) is 0. The minimum absolute atomic E-state index is 1.25. The molecule has 0 saturated heterocycles. The van der Waals surface area contributed by atoms with Crippen LogP contribution in [0.2, 0.25) is 0 Å². The Bertz CT molecular complexity index is 8610. The third-order valence-corrected chi connectivity index (χ3v) is 28.1. The predicted octanol–water partition coefficient (Wildman–Crippen LogP) is 32.7. The van der Waals surface area contributed by atoms with Gasteiger partial charge in [-0.1, -0.05) is 443 Å². The summed E-state index contributed by atoms with van der Waals surface area (Å²) in [6.07, 6.45) is 0. The first-order valence-electron chi connectivity index (χ1n) is 44.0. The summed E-state index contributed by atoms with van der Waals surface area (Å²) >= 11 is 0. The molecule has 578 valence electrons. The minimum atomic E-state index is 1.25. The van der Waals surface area contributed by atoms with Gasteiger partial charge in [0.05, 0.1) is 0 Å². The Kier molecular flexibility index (Phi) is 15.4. The number of allylic oxidation sites excluding steroid dienone is 6. The van der Waals surface area contributed by atoms with Crippen LogP contribution in [0.4, 0.5) is 0 Å². The fraction of sp³-hybridized carbons (Fsp3) is 0. The van der Waals surface area contributed by atoms with Gasteiger partial charge in [-0.25, -0.2) is 0 Å². The summed E-state index contributed by atoms with van der Waals surface area (Å²) < 4.78 is 0. The molecule has 0 aromatic heterocycles. The van der Waals surface area contributed by atoms with E-state index in [9.17, 15) is 0 Å². The van der Waals surface area contributed by atoms with E-state index in [1.165, 1.54) is 287 Å². The summed E-state index contributed by atoms with van der Waals surface area (Å²) in [6.45, 7) is 0. The van der Waals surface area contributed by atoms with Crippen molar-refractivity contribution in [2.75, 3.05) is 0 Å². The molecule has 0 nitrogen and oxygen atoms in total. The molecule has 21 aromatic carbocycles. The normalized spacial score (nSPS) is 13.8. The maximum Gasteiger partial charge on any atom is -0.000741 e. The van der Waals surface area contributed by atoms with E-state index in [0.29, 0.717) is 0 Å². The van der Waals surface area contributed by atoms with Gasteiger partial charge in [0.25, 0.3) is 0 Å². The zero-order chi connectivity index (χ0) is 82.3. The Morgan fingerprint density at radius 2 is 0.310 bits per heavy atom. The number of benzene rings is 21. The van der Waals surface area contributed by atoms with E-state index in [-0.39, 0.29) is 0 Å². The average Bonchev–Trinajstić information content (AvgIpc) is 1.54. The van der Waals surface area contributed by atoms with Crippen molar-refractivity contribution in [2.45, 2.75) is 0 Å². The van der Waals surface area contributed by atoms with E-state index in [2.05, 4.69) is 449 Å². The molecule has 0 radical (unpaired) electrons. The smallest absolute Gasteiger partial charge is 0.000741 e. The largest absolute Gasteiger partial charge is 0.0622 e. The third-order valence-electron chi connectivity index (χ3n) is 28.1. The molecule has 8 aliphatic rings. The summed E-state index contributed by atoms with van der Waals surface area (Å²) in [5, 5.41) is 15.7. The first-order chi connectivity index (χ1) is 62.6. The molecule has 0 N–H and O–H groups in total. The van der Waals surface area contributed by atoms with Crippen LogP contribution in [-0.2, 0) is 0 Å². The highest BCUT2D eigenvalue weighted by Crippen LogP contribution is 2.65. The Balaban J connectivity index is 0.0000000982. The van der Waals surface area contributed by atoms with Gasteiger partial charge in [0, 0.05) is 0 Å². The fourth-order valence-electron chi connectivity index (χ4n) is 23.1. The molecule has 8 aliphatic carbocycles. The minimum Gasteiger partial charge on any atom is -0.0622 e. The molecule has 21 aromatic rings. The SMILES string of the molecule is c1ccc(-c2ccc(C3=C4C(=C(c5cccc6ccccc56)c5ccccc54)c4ccccc43)c3ccccc23)cc1.c1ccc2c(c1)C1=C(c3ccc4c5c(cccc35)-c3ccccc3-4)c3ccccc3C1=C2c1cccc2ccccc12.c1ccc2c(c1)C1=C(c3cccc4ccccc34)c3ccccc3C1=C2c1ccc2c(c1)-c1cccc3cccc-2c13. The topological polar surface area (TPSA) is 0 Å². The second-order valence-electron chi connectivity index (χ2n) is 34.3. The summed E-state index contributed by atoms with van der Waals surface area (Å²) in [4.78, 5) is 0. The highest BCUT2D eigenvalue weighted by Gasteiger charge is 2.43. The first kappa shape index (κ1) is 70.3. The van der Waals surface area contributed by atoms with Crippen LogP contribution in [0.5, 0.6) is 0 Å². The van der Waals surface area contributed by atoms with Crippen molar-refractivity contribution in [3.63, 3.8) is 0 Å². The van der Waals surface area contributed by atoms with Crippen LogP contribution in [0.3, 0.4) is 0 Å². The van der Waals surface area contributed by atoms with Crippen molar-refractivity contribution >= 4 is 132 Å². The molecule has 0 saturated carbocycles. The Morgan fingerprint density at radius 3 is 0.722 bits per heavy atom. The molecule has 0 spiro atoms. The zero-order valence-corrected chi connectivity index (χ0v) is 68.7. The summed E-state index contributed by atoms with van der Waals surface area (Å²) in [7, 11) is 0. The van der Waals surface area contributed by atoms with Gasteiger partial charge in [0.2, 0.25) is 0 Å². The molecular weight excluding hydrogens is 1510 g/mol. The second-order valence-corrected chi connectivity index (χ2v) is 34.3. The van der Waals surface area contributed by atoms with Crippen molar-refractivity contribution < 1.29 is 0 Å². The van der Waals surface area contributed by atoms with Crippen LogP contribution in [0.15, 0.2) is 449 Å². The molecule has 0 bridgehead atoms. The number of hydrogen-bond acceptors (Lipinski definition) is 0. The van der Waals surface area contributed by atoms with Gasteiger partial charge in [-0.15, -0.1) is 0 Å². The summed E-state index contributed by atoms with van der Waals surface area (Å²) in [6, 6.07) is 166. The molecule has 0 heterocycles. The predicted molar refractivity (Wildman–Crippen MR) is 532 cm³/mol. The molecule has 29 rings (SSSR count). The quantitative estimate of drug-likeness (QED) is 0.149. The Hall–Kier alpha value is -16.4. The maximum atomic E-state index is 2.45. The highest BCUT2D eigenvalue weighted by molar-refractivity contribution is 6.40. The lowest BCUT2D eigenvalue weighted by atomic mass is 9.87. The van der Waals surface area contributed by atoms with Crippen LogP contribution in [-0.4, -0.2) is 0 Å². The summed E-state index contributed by atoms with van der Waals surface area (Å²) in [5.74, 6) is 0. The van der Waals surface area contributed by atoms with Crippen molar-refractivity contribution in [2.24, 2.45) is 0 Å². The lowest BCUT2D eigenvalue weighted by molar-refractivity contribution is 1.53. The van der Waals surface area contributed by atoms with Gasteiger partial charge < -0.3 is 0 Å². The molecule has 0 fully saturated rings. The average molecular weight is 1590 g/mol. The Labute approximate surface area is 731 Å². The fourth-order valence-corrected chi connectivity index (χ4v) is 23.1. The van der Waals surface area contributed by atoms with E-state index < -0.39 is 0 Å². The van der Waals surface area contributed by atoms with Gasteiger partial charge in [-0.2, -0.15) is 0 Å². The van der Waals surface area contributed by atoms with E-state index in [0.717, 1.165) is 0 Å². The molecule has 0 aliphatic heterocycles. The molecule has 126 heavy (non-hydrogen) atoms. The van der Waals surface area contributed by atoms with Gasteiger partial charge >= 0.3 is 0 Å². The van der Waals surface area contributed by atoms with Crippen molar-refractivity contribution in [3.05, 3.63) is 549 Å². The standard InChI is InChI=1S/2C42H24.C42H26/c1-2-14-28-25(10-1)11-7-19-30(28)40-33-16-4-6-18-35(33)41-39(32-15-3-5-17-34(32)42(40)41)27-22-23-29-31-20-8-12-26-13-9-21-36(38(26)31)37(29)24-27;1-2-13-26-25(11-1)12-9-20-29(26)39-32-16-5-7-18-34(32)42-40(33-17-6-8-19-35(33)41(39)42)37-24-23-36-28-15-4-3-14-27(28)30-21-10-22-31(37)38(30)36;1-2-13-27(14-3-1)30-25-26-38(32-19-7-6-18-31(30)32)40-35-21-9-11-23-37(35)41-39(34-20-8-10-22-36(34)42(40)41)33-24-12-16-28-15-4-5-17-29(28)33/h2*1-24H;1-26H. The van der Waals surface area contributed by atoms with Gasteiger partial charge in [0.15, 0.2) is 0 Å². The second kappa shape index (κ2) is 27.6. The van der Waals surface area contributed by atoms with Crippen molar-refractivity contribution in [1.82, 2.24) is 0 Å². The first-order valence-corrected chi connectivity index (χ1v) is 44.0. The van der Waals surface area contributed by atoms with E-state index in [1.807, 2.05) is 0 Å². The van der Waals surface area contributed by atoms with Crippen LogP contribution in [0, 0.1) is 0 Å². The maximum absolute atomic E-state index is 2.45. The van der Waals surface area contributed by atoms with Crippen LogP contribution < -0.4 is 0 Å². The summed E-state index contributed by atoms with van der Waals surface area (Å²) in [5.41, 5.74) is 53.1. The molecule has 0 atom stereocenters. The number of fused-ring (bicyclic) bond motifs is 25. The lowest BCUT2D eigenvalue weighted by Gasteiger charge is -2.16. The third kappa shape index (κ3) is 10.1. The monoisotopic (exact) mass is 1590 g/mol. The molecule has 0 heteroatoms. The highest BCUT2D eigenvalue weighted by atomic mass is 14.4. The van der Waals surface area contributed by atoms with E-state index >= 15 is 0 Å². The zero-order valence-electron chi connectivity index (χ0n) is 68.7. The van der Waals surface area contributed by atoms with E-state index in [1.54, 1.807) is 0 Å². The molecular formula is C126H74. The van der Waals surface area contributed by atoms with Gasteiger partial charge in [0.1, 0.15) is 0 Å². The molecule has 0 amide bonds. The van der Waals surface area contributed by atoms with Crippen LogP contribution in [0.25, 0.3) is 187 Å². The van der Waals surface area contributed by atoms with Gasteiger partial charge in [-0.3, -0.25) is 0 Å².